The number of benzene rings is 2. The molecule has 0 atom stereocenters. The Balaban J connectivity index is 1.66. The van der Waals surface area contributed by atoms with Crippen molar-refractivity contribution in [1.82, 2.24) is 0 Å². The third kappa shape index (κ3) is 3.58. The minimum atomic E-state index is -0.395. The molecule has 0 aromatic heterocycles. The molecule has 3 nitrogen and oxygen atoms in total. The summed E-state index contributed by atoms with van der Waals surface area (Å²) in [5, 5.41) is 0. The second-order valence-electron chi connectivity index (χ2n) is 7.49. The van der Waals surface area contributed by atoms with Crippen LogP contribution in [-0.2, 0) is 15.9 Å². The molecule has 25 heavy (non-hydrogen) atoms. The van der Waals surface area contributed by atoms with Gasteiger partial charge >= 0.3 is 7.12 Å². The van der Waals surface area contributed by atoms with Crippen molar-refractivity contribution in [3.05, 3.63) is 59.4 Å². The number of halogens is 1. The lowest BCUT2D eigenvalue weighted by atomic mass is 9.79. The quantitative estimate of drug-likeness (QED) is 0.786. The topological polar surface area (TPSA) is 27.7 Å². The highest BCUT2D eigenvalue weighted by atomic mass is 19.1. The van der Waals surface area contributed by atoms with Gasteiger partial charge in [0.25, 0.3) is 0 Å². The molecular weight excluding hydrogens is 318 g/mol. The first-order valence-electron chi connectivity index (χ1n) is 8.52. The molecule has 0 N–H and O–H groups in total. The van der Waals surface area contributed by atoms with Crippen LogP contribution in [0.15, 0.2) is 42.5 Å². The van der Waals surface area contributed by atoms with Crippen LogP contribution < -0.4 is 10.2 Å². The van der Waals surface area contributed by atoms with E-state index in [4.69, 9.17) is 14.0 Å². The van der Waals surface area contributed by atoms with Crippen molar-refractivity contribution in [2.24, 2.45) is 0 Å². The van der Waals surface area contributed by atoms with E-state index in [-0.39, 0.29) is 23.6 Å². The van der Waals surface area contributed by atoms with Crippen molar-refractivity contribution in [2.45, 2.75) is 52.4 Å². The predicted octanol–water partition coefficient (Wildman–Crippen LogP) is 4.01. The summed E-state index contributed by atoms with van der Waals surface area (Å²) in [6, 6.07) is 12.9. The van der Waals surface area contributed by atoms with Gasteiger partial charge in [-0.25, -0.2) is 4.39 Å². The molecule has 132 valence electrons. The zero-order chi connectivity index (χ0) is 18.2. The van der Waals surface area contributed by atoms with Crippen LogP contribution in [0.1, 0.15) is 38.8 Å². The lowest BCUT2D eigenvalue weighted by Crippen LogP contribution is -2.41. The number of aryl methyl sites for hydroxylation is 1. The molecule has 0 amide bonds. The largest absolute Gasteiger partial charge is 0.494 e. The molecule has 5 heteroatoms. The molecule has 0 saturated carbocycles. The van der Waals surface area contributed by atoms with Crippen molar-refractivity contribution >= 4 is 12.6 Å². The summed E-state index contributed by atoms with van der Waals surface area (Å²) in [6.07, 6.45) is 0. The van der Waals surface area contributed by atoms with Crippen molar-refractivity contribution in [1.29, 1.82) is 0 Å². The fourth-order valence-corrected chi connectivity index (χ4v) is 2.68. The van der Waals surface area contributed by atoms with Gasteiger partial charge in [0.05, 0.1) is 11.2 Å². The SMILES string of the molecule is Cc1cccc(COc2ccc(B3OC(C)(C)C(C)(C)O3)cc2)c1F. The molecular formula is C20H24BFO3. The Morgan fingerprint density at radius 1 is 0.960 bits per heavy atom. The summed E-state index contributed by atoms with van der Waals surface area (Å²) >= 11 is 0. The minimum absolute atomic E-state index is 0.198. The summed E-state index contributed by atoms with van der Waals surface area (Å²) in [6.45, 7) is 10.1. The van der Waals surface area contributed by atoms with E-state index in [9.17, 15) is 4.39 Å². The highest BCUT2D eigenvalue weighted by Crippen LogP contribution is 2.36. The van der Waals surface area contributed by atoms with Gasteiger partial charge in [0.15, 0.2) is 0 Å². The molecule has 1 aliphatic heterocycles. The van der Waals surface area contributed by atoms with Crippen LogP contribution >= 0.6 is 0 Å². The molecule has 0 bridgehead atoms. The Kier molecular flexibility index (Phi) is 4.65. The first-order valence-corrected chi connectivity index (χ1v) is 8.52. The van der Waals surface area contributed by atoms with Gasteiger partial charge in [-0.3, -0.25) is 0 Å². The normalized spacial score (nSPS) is 18.4. The number of ether oxygens (including phenoxy) is 1. The molecule has 0 aliphatic carbocycles. The average Bonchev–Trinajstić information content (AvgIpc) is 2.77. The highest BCUT2D eigenvalue weighted by molar-refractivity contribution is 6.62. The maximum Gasteiger partial charge on any atom is 0.494 e. The van der Waals surface area contributed by atoms with Crippen molar-refractivity contribution in [2.75, 3.05) is 0 Å². The zero-order valence-corrected chi connectivity index (χ0v) is 15.4. The van der Waals surface area contributed by atoms with E-state index >= 15 is 0 Å². The van der Waals surface area contributed by atoms with Crippen LogP contribution in [-0.4, -0.2) is 18.3 Å². The Labute approximate surface area is 149 Å². The monoisotopic (exact) mass is 342 g/mol. The molecule has 0 radical (unpaired) electrons. The summed E-state index contributed by atoms with van der Waals surface area (Å²) in [4.78, 5) is 0. The van der Waals surface area contributed by atoms with E-state index in [2.05, 4.69) is 0 Å². The second-order valence-corrected chi connectivity index (χ2v) is 7.49. The van der Waals surface area contributed by atoms with Crippen molar-refractivity contribution in [3.8, 4) is 5.75 Å². The Hall–Kier alpha value is -1.85. The van der Waals surface area contributed by atoms with E-state index in [1.807, 2.05) is 58.0 Å². The fourth-order valence-electron chi connectivity index (χ4n) is 2.68. The third-order valence-corrected chi connectivity index (χ3v) is 5.07. The van der Waals surface area contributed by atoms with Crippen LogP contribution in [0, 0.1) is 12.7 Å². The molecule has 0 spiro atoms. The first-order chi connectivity index (χ1) is 11.7. The fraction of sp³-hybridized carbons (Fsp3) is 0.400. The van der Waals surface area contributed by atoms with E-state index in [1.165, 1.54) is 0 Å². The van der Waals surface area contributed by atoms with Gasteiger partial charge in [0, 0.05) is 5.56 Å². The van der Waals surface area contributed by atoms with Gasteiger partial charge in [-0.05, 0) is 57.8 Å². The van der Waals surface area contributed by atoms with Gasteiger partial charge in [-0.1, -0.05) is 30.3 Å². The summed E-state index contributed by atoms with van der Waals surface area (Å²) < 4.78 is 31.8. The van der Waals surface area contributed by atoms with Crippen LogP contribution in [0.2, 0.25) is 0 Å². The molecule has 2 aromatic carbocycles. The van der Waals surface area contributed by atoms with E-state index in [0.29, 0.717) is 16.9 Å². The maximum absolute atomic E-state index is 14.0. The van der Waals surface area contributed by atoms with Crippen LogP contribution in [0.3, 0.4) is 0 Å². The molecule has 1 saturated heterocycles. The molecule has 3 rings (SSSR count). The van der Waals surface area contributed by atoms with E-state index in [0.717, 1.165) is 5.46 Å². The summed E-state index contributed by atoms with van der Waals surface area (Å²) in [5.74, 6) is 0.470. The lowest BCUT2D eigenvalue weighted by Gasteiger charge is -2.32. The van der Waals surface area contributed by atoms with Crippen LogP contribution in [0.25, 0.3) is 0 Å². The highest BCUT2D eigenvalue weighted by Gasteiger charge is 2.51. The molecule has 1 fully saturated rings. The molecule has 2 aromatic rings. The van der Waals surface area contributed by atoms with E-state index < -0.39 is 7.12 Å². The number of hydrogen-bond donors (Lipinski definition) is 0. The van der Waals surface area contributed by atoms with Crippen molar-refractivity contribution in [3.63, 3.8) is 0 Å². The average molecular weight is 342 g/mol. The lowest BCUT2D eigenvalue weighted by molar-refractivity contribution is 0.00578. The zero-order valence-electron chi connectivity index (χ0n) is 15.4. The van der Waals surface area contributed by atoms with Gasteiger partial charge in [-0.15, -0.1) is 0 Å². The smallest absolute Gasteiger partial charge is 0.489 e. The maximum atomic E-state index is 14.0. The second kappa shape index (κ2) is 6.47. The predicted molar refractivity (Wildman–Crippen MR) is 97.6 cm³/mol. The Bertz CT molecular complexity index is 740. The number of hydrogen-bond acceptors (Lipinski definition) is 3. The van der Waals surface area contributed by atoms with Gasteiger partial charge in [0.2, 0.25) is 0 Å². The summed E-state index contributed by atoms with van der Waals surface area (Å²) in [7, 11) is -0.395. The minimum Gasteiger partial charge on any atom is -0.489 e. The number of rotatable bonds is 4. The van der Waals surface area contributed by atoms with Gasteiger partial charge in [0.1, 0.15) is 18.2 Å². The van der Waals surface area contributed by atoms with Gasteiger partial charge in [-0.2, -0.15) is 0 Å². The molecule has 0 unspecified atom stereocenters. The molecule has 1 heterocycles. The molecule has 1 aliphatic rings. The van der Waals surface area contributed by atoms with Crippen LogP contribution in [0.4, 0.5) is 4.39 Å². The van der Waals surface area contributed by atoms with Crippen molar-refractivity contribution < 1.29 is 18.4 Å². The Morgan fingerprint density at radius 3 is 2.16 bits per heavy atom. The summed E-state index contributed by atoms with van der Waals surface area (Å²) in [5.41, 5.74) is 1.38. The van der Waals surface area contributed by atoms with Crippen LogP contribution in [0.5, 0.6) is 5.75 Å². The van der Waals surface area contributed by atoms with E-state index in [1.54, 1.807) is 19.1 Å². The first kappa shape index (κ1) is 18.0. The van der Waals surface area contributed by atoms with Gasteiger partial charge < -0.3 is 14.0 Å². The standard InChI is InChI=1S/C20H24BFO3/c1-14-7-6-8-15(18(14)22)13-23-17-11-9-16(10-12-17)21-24-19(2,3)20(4,5)25-21/h6-12H,13H2,1-5H3. The Morgan fingerprint density at radius 2 is 1.56 bits per heavy atom. The third-order valence-electron chi connectivity index (χ3n) is 5.07.